The van der Waals surface area contributed by atoms with Crippen LogP contribution in [0.4, 0.5) is 10.8 Å². The average molecular weight is 464 g/mol. The zero-order valence-electron chi connectivity index (χ0n) is 15.0. The first-order valence-corrected chi connectivity index (χ1v) is 11.9. The Bertz CT molecular complexity index is 1310. The van der Waals surface area contributed by atoms with Gasteiger partial charge < -0.3 is 0 Å². The molecule has 29 heavy (non-hydrogen) atoms. The van der Waals surface area contributed by atoms with Crippen LogP contribution in [-0.4, -0.2) is 19.3 Å². The minimum atomic E-state index is -3.73. The summed E-state index contributed by atoms with van der Waals surface area (Å²) in [5, 5.41) is 3.23. The number of halogens is 1. The smallest absolute Gasteiger partial charge is 0.271 e. The van der Waals surface area contributed by atoms with Gasteiger partial charge in [-0.2, -0.15) is 0 Å². The van der Waals surface area contributed by atoms with Gasteiger partial charge in [0, 0.05) is 5.56 Å². The number of rotatable bonds is 5. The number of hydrogen-bond donors (Lipinski definition) is 2. The largest absolute Gasteiger partial charge is 0.298 e. The third-order valence-electron chi connectivity index (χ3n) is 4.01. The molecule has 0 saturated heterocycles. The molecule has 0 spiro atoms. The number of amides is 1. The van der Waals surface area contributed by atoms with Crippen molar-refractivity contribution in [2.45, 2.75) is 11.1 Å². The van der Waals surface area contributed by atoms with Gasteiger partial charge in [0.25, 0.3) is 15.9 Å². The molecule has 2 aromatic heterocycles. The van der Waals surface area contributed by atoms with Crippen molar-refractivity contribution >= 4 is 71.2 Å². The minimum absolute atomic E-state index is 0.139. The van der Waals surface area contributed by atoms with E-state index in [0.717, 1.165) is 21.6 Å². The van der Waals surface area contributed by atoms with Gasteiger partial charge >= 0.3 is 0 Å². The van der Waals surface area contributed by atoms with Crippen molar-refractivity contribution in [3.8, 4) is 0 Å². The van der Waals surface area contributed by atoms with E-state index in [2.05, 4.69) is 15.0 Å². The summed E-state index contributed by atoms with van der Waals surface area (Å²) in [5.41, 5.74) is 2.46. The number of thiophene rings is 1. The van der Waals surface area contributed by atoms with Crippen LogP contribution in [0.25, 0.3) is 10.2 Å². The second kappa shape index (κ2) is 7.75. The number of aryl methyl sites for hydroxylation is 1. The van der Waals surface area contributed by atoms with Crippen LogP contribution in [0.15, 0.2) is 58.8 Å². The number of fused-ring (bicyclic) bond motifs is 1. The van der Waals surface area contributed by atoms with Crippen LogP contribution in [0, 0.1) is 6.92 Å². The molecule has 0 radical (unpaired) electrons. The fourth-order valence-electron chi connectivity index (χ4n) is 2.72. The van der Waals surface area contributed by atoms with Gasteiger partial charge in [-0.1, -0.05) is 41.1 Å². The molecule has 148 valence electrons. The third-order valence-corrected chi connectivity index (χ3v) is 8.03. The van der Waals surface area contributed by atoms with Crippen molar-refractivity contribution in [1.82, 2.24) is 4.98 Å². The molecule has 0 aliphatic heterocycles. The first-order chi connectivity index (χ1) is 13.8. The molecular weight excluding hydrogens is 450 g/mol. The molecule has 2 N–H and O–H groups in total. The summed E-state index contributed by atoms with van der Waals surface area (Å²) >= 11 is 8.11. The van der Waals surface area contributed by atoms with Crippen LogP contribution in [0.2, 0.25) is 4.34 Å². The van der Waals surface area contributed by atoms with E-state index in [9.17, 15) is 13.2 Å². The van der Waals surface area contributed by atoms with Gasteiger partial charge in [0.1, 0.15) is 4.21 Å². The normalized spacial score (nSPS) is 11.5. The monoisotopic (exact) mass is 463 g/mol. The molecule has 4 rings (SSSR count). The molecule has 0 atom stereocenters. The number of carbonyl (C=O) groups is 1. The molecule has 2 aromatic carbocycles. The highest BCUT2D eigenvalue weighted by molar-refractivity contribution is 7.94. The Hall–Kier alpha value is -2.46. The maximum absolute atomic E-state index is 12.5. The number of hydrogen-bond acceptors (Lipinski definition) is 6. The van der Waals surface area contributed by atoms with E-state index in [0.29, 0.717) is 26.2 Å². The highest BCUT2D eigenvalue weighted by Crippen LogP contribution is 2.33. The van der Waals surface area contributed by atoms with Gasteiger partial charge in [-0.15, -0.1) is 11.3 Å². The SMILES string of the molecule is Cc1cc(NS(=O)(=O)c2ccc(Cl)s2)cc2sc(NC(=O)c3ccccc3)nc12. The first-order valence-electron chi connectivity index (χ1n) is 8.37. The highest BCUT2D eigenvalue weighted by Gasteiger charge is 2.18. The molecule has 0 aliphatic rings. The van der Waals surface area contributed by atoms with Gasteiger partial charge in [-0.25, -0.2) is 13.4 Å². The van der Waals surface area contributed by atoms with E-state index in [1.165, 1.54) is 17.4 Å². The van der Waals surface area contributed by atoms with Crippen molar-refractivity contribution < 1.29 is 13.2 Å². The van der Waals surface area contributed by atoms with Crippen LogP contribution >= 0.6 is 34.3 Å². The Morgan fingerprint density at radius 1 is 1.07 bits per heavy atom. The van der Waals surface area contributed by atoms with Crippen LogP contribution in [-0.2, 0) is 10.0 Å². The maximum atomic E-state index is 12.5. The fourth-order valence-corrected chi connectivity index (χ4v) is 6.22. The van der Waals surface area contributed by atoms with Crippen molar-refractivity contribution in [1.29, 1.82) is 0 Å². The van der Waals surface area contributed by atoms with E-state index < -0.39 is 10.0 Å². The van der Waals surface area contributed by atoms with E-state index in [4.69, 9.17) is 11.6 Å². The molecule has 0 bridgehead atoms. The maximum Gasteiger partial charge on any atom is 0.271 e. The molecular formula is C19H14ClN3O3S3. The number of thiazole rings is 1. The van der Waals surface area contributed by atoms with Gasteiger partial charge in [0.05, 0.1) is 20.2 Å². The minimum Gasteiger partial charge on any atom is -0.298 e. The van der Waals surface area contributed by atoms with Crippen molar-refractivity contribution in [2.75, 3.05) is 10.0 Å². The number of benzene rings is 2. The zero-order valence-corrected chi connectivity index (χ0v) is 18.2. The predicted octanol–water partition coefficient (Wildman–Crippen LogP) is 5.37. The Morgan fingerprint density at radius 2 is 1.83 bits per heavy atom. The summed E-state index contributed by atoms with van der Waals surface area (Å²) in [7, 11) is -3.73. The lowest BCUT2D eigenvalue weighted by Gasteiger charge is -2.07. The van der Waals surface area contributed by atoms with E-state index in [-0.39, 0.29) is 10.1 Å². The molecule has 2 heterocycles. The van der Waals surface area contributed by atoms with Gasteiger partial charge in [-0.3, -0.25) is 14.8 Å². The molecule has 0 aliphatic carbocycles. The van der Waals surface area contributed by atoms with Crippen molar-refractivity contribution in [3.63, 3.8) is 0 Å². The first kappa shape index (κ1) is 19.8. The summed E-state index contributed by atoms with van der Waals surface area (Å²) in [4.78, 5) is 16.8. The number of sulfonamides is 1. The molecule has 0 unspecified atom stereocenters. The van der Waals surface area contributed by atoms with E-state index in [1.807, 2.05) is 13.0 Å². The van der Waals surface area contributed by atoms with Crippen LogP contribution in [0.3, 0.4) is 0 Å². The lowest BCUT2D eigenvalue weighted by atomic mass is 10.2. The Morgan fingerprint density at radius 3 is 2.52 bits per heavy atom. The van der Waals surface area contributed by atoms with E-state index >= 15 is 0 Å². The van der Waals surface area contributed by atoms with Crippen LogP contribution in [0.1, 0.15) is 15.9 Å². The Labute approximate surface area is 180 Å². The molecule has 0 saturated carbocycles. The van der Waals surface area contributed by atoms with Gasteiger partial charge in [0.15, 0.2) is 5.13 Å². The molecule has 6 nitrogen and oxygen atoms in total. The predicted molar refractivity (Wildman–Crippen MR) is 119 cm³/mol. The van der Waals surface area contributed by atoms with Crippen molar-refractivity contribution in [3.05, 3.63) is 70.1 Å². The standard InChI is InChI=1S/C19H14ClN3O3S3/c1-11-9-13(23-29(25,26)16-8-7-15(20)28-16)10-14-17(11)21-19(27-14)22-18(24)12-5-3-2-4-6-12/h2-10,23H,1H3,(H,21,22,24). The second-order valence-corrected chi connectivity index (χ2v) is 10.8. The number of carbonyl (C=O) groups excluding carboxylic acids is 1. The number of anilines is 2. The Kier molecular flexibility index (Phi) is 5.30. The zero-order chi connectivity index (χ0) is 20.6. The topological polar surface area (TPSA) is 88.2 Å². The Balaban J connectivity index is 1.61. The van der Waals surface area contributed by atoms with Crippen LogP contribution in [0.5, 0.6) is 0 Å². The van der Waals surface area contributed by atoms with Crippen molar-refractivity contribution in [2.24, 2.45) is 0 Å². The molecule has 0 fully saturated rings. The summed E-state index contributed by atoms with van der Waals surface area (Å²) < 4.78 is 29.0. The van der Waals surface area contributed by atoms with E-state index in [1.54, 1.807) is 42.5 Å². The highest BCUT2D eigenvalue weighted by atomic mass is 35.5. The lowest BCUT2D eigenvalue weighted by Crippen LogP contribution is -2.11. The summed E-state index contributed by atoms with van der Waals surface area (Å²) in [6.07, 6.45) is 0. The second-order valence-electron chi connectivity index (χ2n) is 6.14. The lowest BCUT2D eigenvalue weighted by molar-refractivity contribution is 0.102. The fraction of sp³-hybridized carbons (Fsp3) is 0.0526. The molecule has 4 aromatic rings. The molecule has 1 amide bonds. The molecule has 10 heteroatoms. The average Bonchev–Trinajstić information content (AvgIpc) is 3.29. The number of nitrogens with one attached hydrogen (secondary N) is 2. The van der Waals surface area contributed by atoms with Gasteiger partial charge in [0.2, 0.25) is 0 Å². The summed E-state index contributed by atoms with van der Waals surface area (Å²) in [6, 6.07) is 15.3. The summed E-state index contributed by atoms with van der Waals surface area (Å²) in [6.45, 7) is 1.84. The number of aromatic nitrogens is 1. The summed E-state index contributed by atoms with van der Waals surface area (Å²) in [5.74, 6) is -0.252. The third kappa shape index (κ3) is 4.27. The quantitative estimate of drug-likeness (QED) is 0.416. The van der Waals surface area contributed by atoms with Gasteiger partial charge in [-0.05, 0) is 48.9 Å². The van der Waals surface area contributed by atoms with Crippen LogP contribution < -0.4 is 10.0 Å². The number of nitrogens with zero attached hydrogens (tertiary/aromatic N) is 1.